The third-order valence-electron chi connectivity index (χ3n) is 6.90. The number of likely N-dealkylation sites (tertiary alicyclic amines) is 1. The number of halogens is 3. The highest BCUT2D eigenvalue weighted by molar-refractivity contribution is 5.96. The van der Waals surface area contributed by atoms with Crippen LogP contribution in [0.1, 0.15) is 57.5 Å². The van der Waals surface area contributed by atoms with Crippen LogP contribution in [0.2, 0.25) is 0 Å². The molecule has 0 spiro atoms. The Hall–Kier alpha value is -3.43. The Kier molecular flexibility index (Phi) is 5.14. The average molecular weight is 470 g/mol. The second-order valence-corrected chi connectivity index (χ2v) is 9.28. The molecule has 2 aliphatic rings. The zero-order chi connectivity index (χ0) is 24.4. The number of aryl methyl sites for hydroxylation is 2. The quantitative estimate of drug-likeness (QED) is 0.612. The van der Waals surface area contributed by atoms with Gasteiger partial charge in [0.05, 0.1) is 23.0 Å². The van der Waals surface area contributed by atoms with Crippen LogP contribution in [0.5, 0.6) is 0 Å². The first kappa shape index (κ1) is 22.4. The summed E-state index contributed by atoms with van der Waals surface area (Å²) >= 11 is 0. The second kappa shape index (κ2) is 7.82. The first-order valence-electron chi connectivity index (χ1n) is 11.2. The van der Waals surface area contributed by atoms with Crippen molar-refractivity contribution in [3.05, 3.63) is 64.4 Å². The van der Waals surface area contributed by atoms with E-state index in [2.05, 4.69) is 15.1 Å². The van der Waals surface area contributed by atoms with Crippen molar-refractivity contribution in [2.75, 3.05) is 12.3 Å². The number of hydrogen-bond acceptors (Lipinski definition) is 5. The smallest absolute Gasteiger partial charge is 0.383 e. The summed E-state index contributed by atoms with van der Waals surface area (Å²) in [6, 6.07) is 4.80. The summed E-state index contributed by atoms with van der Waals surface area (Å²) in [5.74, 6) is 0.368. The summed E-state index contributed by atoms with van der Waals surface area (Å²) in [7, 11) is 0. The summed E-state index contributed by atoms with van der Waals surface area (Å²) in [5.41, 5.74) is 7.76. The third kappa shape index (κ3) is 3.80. The number of amides is 1. The summed E-state index contributed by atoms with van der Waals surface area (Å²) in [6.45, 7) is 5.48. The van der Waals surface area contributed by atoms with E-state index in [-0.39, 0.29) is 28.5 Å². The van der Waals surface area contributed by atoms with Gasteiger partial charge >= 0.3 is 6.18 Å². The van der Waals surface area contributed by atoms with E-state index in [0.29, 0.717) is 36.2 Å². The normalized spacial score (nSPS) is 21.9. The Bertz CT molecular complexity index is 1280. The molecule has 2 fully saturated rings. The van der Waals surface area contributed by atoms with E-state index in [1.54, 1.807) is 34.8 Å². The number of carbonyl (C=O) groups excluding carboxylic acids is 1. The predicted molar refractivity (Wildman–Crippen MR) is 119 cm³/mol. The van der Waals surface area contributed by atoms with Crippen molar-refractivity contribution in [3.8, 4) is 5.69 Å². The number of nitrogen functional groups attached to an aromatic ring is 1. The lowest BCUT2D eigenvalue weighted by Crippen LogP contribution is -2.41. The molecule has 0 aromatic carbocycles. The number of fused-ring (bicyclic) bond motifs is 1. The van der Waals surface area contributed by atoms with Crippen molar-refractivity contribution in [1.29, 1.82) is 0 Å². The van der Waals surface area contributed by atoms with Crippen LogP contribution < -0.4 is 5.73 Å². The summed E-state index contributed by atoms with van der Waals surface area (Å²) in [5, 5.41) is 4.42. The van der Waals surface area contributed by atoms with Crippen molar-refractivity contribution in [2.24, 2.45) is 11.8 Å². The molecule has 1 aliphatic heterocycles. The Morgan fingerprint density at radius 3 is 2.53 bits per heavy atom. The van der Waals surface area contributed by atoms with Crippen molar-refractivity contribution in [1.82, 2.24) is 24.6 Å². The maximum atomic E-state index is 13.9. The first-order chi connectivity index (χ1) is 16.0. The van der Waals surface area contributed by atoms with Crippen LogP contribution in [0.3, 0.4) is 0 Å². The highest BCUT2D eigenvalue weighted by Crippen LogP contribution is 2.53. The van der Waals surface area contributed by atoms with E-state index in [1.807, 2.05) is 13.0 Å². The van der Waals surface area contributed by atoms with Gasteiger partial charge in [0, 0.05) is 30.2 Å². The van der Waals surface area contributed by atoms with E-state index in [4.69, 9.17) is 5.73 Å². The van der Waals surface area contributed by atoms with Crippen molar-refractivity contribution in [3.63, 3.8) is 0 Å². The van der Waals surface area contributed by atoms with E-state index in [0.717, 1.165) is 18.3 Å². The fourth-order valence-corrected chi connectivity index (χ4v) is 5.04. The minimum Gasteiger partial charge on any atom is -0.383 e. The van der Waals surface area contributed by atoms with Crippen LogP contribution in [0.25, 0.3) is 5.69 Å². The molecule has 1 aliphatic carbocycles. The van der Waals surface area contributed by atoms with Crippen LogP contribution in [-0.2, 0) is 6.18 Å². The predicted octanol–water partition coefficient (Wildman–Crippen LogP) is 4.41. The molecule has 34 heavy (non-hydrogen) atoms. The molecule has 178 valence electrons. The Morgan fingerprint density at radius 2 is 1.85 bits per heavy atom. The van der Waals surface area contributed by atoms with Gasteiger partial charge in [-0.15, -0.1) is 0 Å². The second-order valence-electron chi connectivity index (χ2n) is 9.28. The lowest BCUT2D eigenvalue weighted by Gasteiger charge is -2.37. The molecule has 10 heteroatoms. The minimum atomic E-state index is -4.56. The molecule has 0 radical (unpaired) electrons. The van der Waals surface area contributed by atoms with E-state index in [9.17, 15) is 18.0 Å². The molecule has 2 N–H and O–H groups in total. The van der Waals surface area contributed by atoms with Crippen LogP contribution in [0, 0.1) is 32.6 Å². The number of nitrogens with two attached hydrogens (primary N) is 1. The average Bonchev–Trinajstić information content (AvgIpc) is 3.40. The summed E-state index contributed by atoms with van der Waals surface area (Å²) in [6.07, 6.45) is -0.551. The lowest BCUT2D eigenvalue weighted by atomic mass is 9.90. The molecule has 1 saturated carbocycles. The molecule has 1 amide bonds. The van der Waals surface area contributed by atoms with Crippen LogP contribution in [-0.4, -0.2) is 37.1 Å². The first-order valence-corrected chi connectivity index (χ1v) is 11.2. The molecule has 3 unspecified atom stereocenters. The van der Waals surface area contributed by atoms with Gasteiger partial charge in [0.2, 0.25) is 0 Å². The van der Waals surface area contributed by atoms with Gasteiger partial charge in [-0.25, -0.2) is 14.6 Å². The van der Waals surface area contributed by atoms with Gasteiger partial charge in [-0.05, 0) is 69.2 Å². The number of nitrogens with zero attached hydrogens (tertiary/aromatic N) is 5. The standard InChI is InChI=1S/C24H25F3N6O/c1-12-4-5-18(33-7-6-13(2)31-33)21(30-12)23(34)32-11-16-8-15(16)9-19(32)20-14(3)17(24(25,26)27)10-29-22(20)28/h4-7,10,15-16,19H,8-9,11H2,1-3H3,(H2,28,29). The topological polar surface area (TPSA) is 89.9 Å². The highest BCUT2D eigenvalue weighted by atomic mass is 19.4. The highest BCUT2D eigenvalue weighted by Gasteiger charge is 2.49. The maximum Gasteiger partial charge on any atom is 0.418 e. The van der Waals surface area contributed by atoms with E-state index < -0.39 is 17.8 Å². The number of alkyl halides is 3. The maximum absolute atomic E-state index is 13.9. The van der Waals surface area contributed by atoms with Gasteiger partial charge in [0.1, 0.15) is 5.82 Å². The van der Waals surface area contributed by atoms with Crippen molar-refractivity contribution in [2.45, 2.75) is 45.8 Å². The fraction of sp³-hybridized carbons (Fsp3) is 0.417. The number of anilines is 1. The molecule has 3 aromatic heterocycles. The molecular formula is C24H25F3N6O. The number of pyridine rings is 2. The fourth-order valence-electron chi connectivity index (χ4n) is 5.04. The Balaban J connectivity index is 1.61. The number of hydrogen-bond donors (Lipinski definition) is 1. The summed E-state index contributed by atoms with van der Waals surface area (Å²) < 4.78 is 42.5. The number of rotatable bonds is 3. The van der Waals surface area contributed by atoms with Crippen LogP contribution in [0.15, 0.2) is 30.6 Å². The molecule has 5 rings (SSSR count). The van der Waals surface area contributed by atoms with Gasteiger partial charge in [0.25, 0.3) is 5.91 Å². The largest absolute Gasteiger partial charge is 0.418 e. The van der Waals surface area contributed by atoms with E-state index >= 15 is 0 Å². The number of aromatic nitrogens is 4. The lowest BCUT2D eigenvalue weighted by molar-refractivity contribution is -0.138. The molecule has 7 nitrogen and oxygen atoms in total. The minimum absolute atomic E-state index is 0.0158. The van der Waals surface area contributed by atoms with E-state index in [1.165, 1.54) is 6.92 Å². The van der Waals surface area contributed by atoms with Gasteiger partial charge in [-0.2, -0.15) is 18.3 Å². The Morgan fingerprint density at radius 1 is 1.09 bits per heavy atom. The van der Waals surface area contributed by atoms with Crippen LogP contribution in [0.4, 0.5) is 19.0 Å². The molecule has 3 atom stereocenters. The van der Waals surface area contributed by atoms with Crippen molar-refractivity contribution < 1.29 is 18.0 Å². The van der Waals surface area contributed by atoms with Gasteiger partial charge < -0.3 is 10.6 Å². The van der Waals surface area contributed by atoms with Gasteiger partial charge in [-0.1, -0.05) is 0 Å². The molecule has 1 saturated heterocycles. The third-order valence-corrected chi connectivity index (χ3v) is 6.90. The van der Waals surface area contributed by atoms with Gasteiger partial charge in [-0.3, -0.25) is 4.79 Å². The number of carbonyl (C=O) groups is 1. The van der Waals surface area contributed by atoms with Crippen molar-refractivity contribution >= 4 is 11.7 Å². The molecule has 0 bridgehead atoms. The Labute approximate surface area is 194 Å². The SMILES string of the molecule is Cc1ccc(-n2ccc(C)n2)c(C(=O)N2CC3CC3CC2c2c(N)ncc(C(F)(F)F)c2C)n1. The molecular weight excluding hydrogens is 445 g/mol. The zero-order valence-corrected chi connectivity index (χ0v) is 19.1. The molecule has 4 heterocycles. The molecule has 3 aromatic rings. The van der Waals surface area contributed by atoms with Crippen LogP contribution >= 0.6 is 0 Å². The summed E-state index contributed by atoms with van der Waals surface area (Å²) in [4.78, 5) is 24.0. The zero-order valence-electron chi connectivity index (χ0n) is 19.1. The van der Waals surface area contributed by atoms with Gasteiger partial charge in [0.15, 0.2) is 5.69 Å². The monoisotopic (exact) mass is 470 g/mol. The number of piperidine rings is 1.